The van der Waals surface area contributed by atoms with Crippen LogP contribution in [0.25, 0.3) is 23.1 Å². The van der Waals surface area contributed by atoms with Crippen LogP contribution in [0, 0.1) is 10.1 Å². The number of carbonyl (C=O) groups excluding carboxylic acids is 1. The molecule has 226 valence electrons. The molecule has 45 heavy (non-hydrogen) atoms. The summed E-state index contributed by atoms with van der Waals surface area (Å²) in [5.74, 6) is 0.00181. The highest BCUT2D eigenvalue weighted by Crippen LogP contribution is 2.36. The number of hydrogen-bond acceptors (Lipinski definition) is 9. The van der Waals surface area contributed by atoms with Crippen molar-refractivity contribution in [2.24, 2.45) is 4.99 Å². The maximum absolute atomic E-state index is 14.1. The highest BCUT2D eigenvalue weighted by atomic mass is 35.5. The summed E-state index contributed by atoms with van der Waals surface area (Å²) in [5, 5.41) is 11.9. The molecule has 6 rings (SSSR count). The number of aromatic nitrogens is 1. The maximum atomic E-state index is 14.1. The average molecular weight is 658 g/mol. The van der Waals surface area contributed by atoms with Gasteiger partial charge in [-0.2, -0.15) is 0 Å². The van der Waals surface area contributed by atoms with Crippen molar-refractivity contribution in [2.45, 2.75) is 17.9 Å². The van der Waals surface area contributed by atoms with Crippen molar-refractivity contribution >= 4 is 58.1 Å². The van der Waals surface area contributed by atoms with Gasteiger partial charge in [0.1, 0.15) is 11.5 Å². The molecule has 0 amide bonds. The van der Waals surface area contributed by atoms with Crippen LogP contribution < -0.4 is 14.9 Å². The van der Waals surface area contributed by atoms with Gasteiger partial charge >= 0.3 is 5.97 Å². The van der Waals surface area contributed by atoms with Crippen molar-refractivity contribution in [1.29, 1.82) is 0 Å². The van der Waals surface area contributed by atoms with E-state index in [9.17, 15) is 19.7 Å². The Morgan fingerprint density at radius 2 is 1.89 bits per heavy atom. The topological polar surface area (TPSA) is 117 Å². The van der Waals surface area contributed by atoms with E-state index in [1.165, 1.54) is 16.7 Å². The molecule has 0 saturated heterocycles. The fourth-order valence-electron chi connectivity index (χ4n) is 5.11. The van der Waals surface area contributed by atoms with Gasteiger partial charge in [0.25, 0.3) is 11.2 Å². The van der Waals surface area contributed by atoms with Crippen LogP contribution in [0.3, 0.4) is 0 Å². The van der Waals surface area contributed by atoms with Crippen molar-refractivity contribution < 1.29 is 18.9 Å². The summed E-state index contributed by atoms with van der Waals surface area (Å²) in [7, 11) is 0. The molecule has 1 aliphatic rings. The van der Waals surface area contributed by atoms with E-state index in [-0.39, 0.29) is 39.8 Å². The summed E-state index contributed by atoms with van der Waals surface area (Å²) >= 11 is 8.72. The predicted molar refractivity (Wildman–Crippen MR) is 175 cm³/mol. The molecule has 0 spiro atoms. The molecule has 0 unspecified atom stereocenters. The zero-order chi connectivity index (χ0) is 31.7. The summed E-state index contributed by atoms with van der Waals surface area (Å²) in [4.78, 5) is 45.1. The Morgan fingerprint density at radius 3 is 2.58 bits per heavy atom. The number of benzene rings is 3. The molecule has 0 fully saturated rings. The molecule has 3 heterocycles. The number of nitro groups is 1. The number of nitro benzene ring substituents is 1. The van der Waals surface area contributed by atoms with Gasteiger partial charge in [-0.25, -0.2) is 9.79 Å². The molecule has 12 heteroatoms. The van der Waals surface area contributed by atoms with Gasteiger partial charge < -0.3 is 9.15 Å². The number of esters is 1. The molecule has 1 aliphatic heterocycles. The summed E-state index contributed by atoms with van der Waals surface area (Å²) in [6, 6.07) is 23.7. The van der Waals surface area contributed by atoms with Crippen LogP contribution >= 0.6 is 34.7 Å². The second-order valence-electron chi connectivity index (χ2n) is 9.83. The Kier molecular flexibility index (Phi) is 8.57. The minimum absolute atomic E-state index is 0.152. The lowest BCUT2D eigenvalue weighted by Gasteiger charge is -2.26. The van der Waals surface area contributed by atoms with Gasteiger partial charge in [0.15, 0.2) is 4.80 Å². The normalized spacial score (nSPS) is 14.6. The van der Waals surface area contributed by atoms with E-state index in [0.717, 1.165) is 21.8 Å². The molecule has 3 aromatic carbocycles. The average Bonchev–Trinajstić information content (AvgIpc) is 3.64. The number of ether oxygens (including phenoxy) is 1. The van der Waals surface area contributed by atoms with Crippen LogP contribution in [-0.4, -0.2) is 28.3 Å². The lowest BCUT2D eigenvalue weighted by atomic mass is 9.93. The number of furan rings is 1. The number of rotatable bonds is 8. The van der Waals surface area contributed by atoms with Gasteiger partial charge in [-0.15, -0.1) is 11.8 Å². The highest BCUT2D eigenvalue weighted by molar-refractivity contribution is 7.98. The molecular weight excluding hydrogens is 634 g/mol. The van der Waals surface area contributed by atoms with E-state index in [4.69, 9.17) is 25.7 Å². The van der Waals surface area contributed by atoms with Gasteiger partial charge in [-0.1, -0.05) is 65.4 Å². The van der Waals surface area contributed by atoms with Crippen molar-refractivity contribution in [1.82, 2.24) is 4.57 Å². The molecule has 0 bridgehead atoms. The minimum atomic E-state index is -0.808. The molecule has 5 aromatic rings. The van der Waals surface area contributed by atoms with Crippen LogP contribution in [0.2, 0.25) is 5.02 Å². The van der Waals surface area contributed by atoms with Crippen LogP contribution in [-0.2, 0) is 9.53 Å². The first-order valence-corrected chi connectivity index (χ1v) is 16.2. The lowest BCUT2D eigenvalue weighted by Crippen LogP contribution is -2.40. The van der Waals surface area contributed by atoms with Crippen molar-refractivity contribution in [3.8, 4) is 11.3 Å². The smallest absolute Gasteiger partial charge is 0.338 e. The van der Waals surface area contributed by atoms with Crippen LogP contribution in [0.1, 0.15) is 29.9 Å². The largest absolute Gasteiger partial charge is 0.463 e. The SMILES string of the molecule is CCOC(=O)C1=C(c2ccccc2)N=c2s/c(=C\c3ccc(-c4ccc(Cl)cc4[N+](=O)[O-])o3)c(=O)n2[C@@H]1c1ccc(SC)cc1. The molecule has 0 aliphatic carbocycles. The summed E-state index contributed by atoms with van der Waals surface area (Å²) < 4.78 is 13.3. The van der Waals surface area contributed by atoms with Crippen molar-refractivity contribution in [2.75, 3.05) is 12.9 Å². The molecule has 9 nitrogen and oxygen atoms in total. The third kappa shape index (κ3) is 5.89. The first kappa shape index (κ1) is 30.3. The number of fused-ring (bicyclic) bond motifs is 1. The summed E-state index contributed by atoms with van der Waals surface area (Å²) in [5.41, 5.74) is 1.81. The third-order valence-electron chi connectivity index (χ3n) is 7.13. The van der Waals surface area contributed by atoms with Crippen LogP contribution in [0.15, 0.2) is 110 Å². The van der Waals surface area contributed by atoms with E-state index >= 15 is 0 Å². The monoisotopic (exact) mass is 657 g/mol. The first-order valence-electron chi connectivity index (χ1n) is 13.8. The zero-order valence-corrected chi connectivity index (χ0v) is 26.3. The quantitative estimate of drug-likeness (QED) is 0.0812. The number of hydrogen-bond donors (Lipinski definition) is 0. The standard InChI is InChI=1S/C33H24ClN3O6S2/c1-3-42-32(39)28-29(19-7-5-4-6-8-19)35-33-36(30(28)20-9-13-23(44-2)14-10-20)31(38)27(45-33)18-22-12-16-26(43-22)24-15-11-21(34)17-25(24)37(40)41/h4-18,30H,3H2,1-2H3/b27-18-/t30-/m1/s1. The molecule has 0 radical (unpaired) electrons. The van der Waals surface area contributed by atoms with E-state index in [1.807, 2.05) is 60.9 Å². The number of carbonyl (C=O) groups is 1. The number of thioether (sulfide) groups is 1. The number of nitrogens with zero attached hydrogens (tertiary/aromatic N) is 3. The van der Waals surface area contributed by atoms with Crippen molar-refractivity contribution in [3.63, 3.8) is 0 Å². The Hall–Kier alpha value is -4.71. The second-order valence-corrected chi connectivity index (χ2v) is 12.2. The molecule has 2 aromatic heterocycles. The lowest BCUT2D eigenvalue weighted by molar-refractivity contribution is -0.384. The molecular formula is C33H24ClN3O6S2. The molecule has 0 saturated carbocycles. The Bertz CT molecular complexity index is 2150. The third-order valence-corrected chi connectivity index (χ3v) is 9.09. The second kappa shape index (κ2) is 12.7. The fraction of sp³-hybridized carbons (Fsp3) is 0.121. The van der Waals surface area contributed by atoms with E-state index in [1.54, 1.807) is 43.0 Å². The van der Waals surface area contributed by atoms with Gasteiger partial charge in [0, 0.05) is 27.6 Å². The number of thiazole rings is 1. The first-order chi connectivity index (χ1) is 21.8. The fourth-order valence-corrected chi connectivity index (χ4v) is 6.67. The van der Waals surface area contributed by atoms with E-state index in [2.05, 4.69) is 0 Å². The molecule has 0 N–H and O–H groups in total. The highest BCUT2D eigenvalue weighted by Gasteiger charge is 2.35. The summed E-state index contributed by atoms with van der Waals surface area (Å²) in [6.45, 7) is 1.88. The minimum Gasteiger partial charge on any atom is -0.463 e. The van der Waals surface area contributed by atoms with Gasteiger partial charge in [0.2, 0.25) is 0 Å². The van der Waals surface area contributed by atoms with Crippen molar-refractivity contribution in [3.05, 3.63) is 142 Å². The van der Waals surface area contributed by atoms with Gasteiger partial charge in [-0.3, -0.25) is 19.5 Å². The van der Waals surface area contributed by atoms with Gasteiger partial charge in [-0.05, 0) is 55.1 Å². The Balaban J connectivity index is 1.55. The van der Waals surface area contributed by atoms with E-state index in [0.29, 0.717) is 26.4 Å². The zero-order valence-electron chi connectivity index (χ0n) is 23.9. The Labute approximate surface area is 269 Å². The maximum Gasteiger partial charge on any atom is 0.338 e. The number of halogens is 1. The predicted octanol–water partition coefficient (Wildman–Crippen LogP) is 6.48. The van der Waals surface area contributed by atoms with Crippen LogP contribution in [0.4, 0.5) is 5.69 Å². The Morgan fingerprint density at radius 1 is 1.13 bits per heavy atom. The van der Waals surface area contributed by atoms with Gasteiger partial charge in [0.05, 0.1) is 38.9 Å². The van der Waals surface area contributed by atoms with E-state index < -0.39 is 16.9 Å². The molecule has 1 atom stereocenters. The van der Waals surface area contributed by atoms with Crippen LogP contribution in [0.5, 0.6) is 0 Å². The summed E-state index contributed by atoms with van der Waals surface area (Å²) in [6.07, 6.45) is 3.54.